The van der Waals surface area contributed by atoms with Gasteiger partial charge >= 0.3 is 0 Å². The molecule has 0 saturated carbocycles. The molecular formula is C20H22Cl2N4O3S2. The highest BCUT2D eigenvalue weighted by atomic mass is 35.5. The van der Waals surface area contributed by atoms with Crippen molar-refractivity contribution in [3.8, 4) is 0 Å². The third-order valence-electron chi connectivity index (χ3n) is 5.62. The van der Waals surface area contributed by atoms with Crippen LogP contribution in [0.4, 0.5) is 5.69 Å². The van der Waals surface area contributed by atoms with Gasteiger partial charge < -0.3 is 15.2 Å². The molecule has 1 fully saturated rings. The quantitative estimate of drug-likeness (QED) is 0.572. The highest BCUT2D eigenvalue weighted by molar-refractivity contribution is 7.89. The maximum absolute atomic E-state index is 13.1. The number of thiophene rings is 1. The zero-order valence-corrected chi connectivity index (χ0v) is 19.8. The second-order valence-corrected chi connectivity index (χ2v) is 11.0. The van der Waals surface area contributed by atoms with Crippen molar-refractivity contribution >= 4 is 67.9 Å². The third-order valence-corrected chi connectivity index (χ3v) is 8.86. The van der Waals surface area contributed by atoms with Crippen LogP contribution >= 0.6 is 35.3 Å². The van der Waals surface area contributed by atoms with Gasteiger partial charge in [-0.05, 0) is 43.2 Å². The van der Waals surface area contributed by atoms with E-state index in [1.807, 2.05) is 6.07 Å². The Bertz CT molecular complexity index is 1210. The minimum Gasteiger partial charge on any atom is -0.384 e. The number of sulfonamides is 1. The molecule has 0 spiro atoms. The molecule has 2 N–H and O–H groups in total. The van der Waals surface area contributed by atoms with Crippen molar-refractivity contribution in [1.82, 2.24) is 14.2 Å². The van der Waals surface area contributed by atoms with Crippen molar-refractivity contribution in [2.24, 2.45) is 0 Å². The Balaban J connectivity index is 0.00000231. The van der Waals surface area contributed by atoms with Gasteiger partial charge in [-0.1, -0.05) is 11.6 Å². The lowest BCUT2D eigenvalue weighted by Crippen LogP contribution is -2.50. The van der Waals surface area contributed by atoms with E-state index in [2.05, 4.69) is 10.3 Å². The number of nitrogens with zero attached hydrogens (tertiary/aromatic N) is 2. The SMILES string of the molecule is Cl.O=C(c1cc2c(s1)CCCN2)N1CCN(S(=O)(=O)c2cc3cc(Cl)ccc3[nH]2)CC1. The van der Waals surface area contributed by atoms with Gasteiger partial charge in [0.2, 0.25) is 0 Å². The molecule has 5 rings (SSSR count). The number of aromatic amines is 1. The van der Waals surface area contributed by atoms with Crippen LogP contribution < -0.4 is 5.32 Å². The highest BCUT2D eigenvalue weighted by Gasteiger charge is 2.32. The molecule has 11 heteroatoms. The molecule has 2 aliphatic heterocycles. The maximum atomic E-state index is 13.1. The molecule has 0 atom stereocenters. The average molecular weight is 501 g/mol. The van der Waals surface area contributed by atoms with Crippen molar-refractivity contribution in [2.45, 2.75) is 17.9 Å². The van der Waals surface area contributed by atoms with E-state index in [1.165, 1.54) is 9.18 Å². The number of carbonyl (C=O) groups is 1. The van der Waals surface area contributed by atoms with Crippen LogP contribution in [0.25, 0.3) is 10.9 Å². The van der Waals surface area contributed by atoms with Crippen molar-refractivity contribution in [2.75, 3.05) is 38.0 Å². The number of fused-ring (bicyclic) bond motifs is 2. The number of hydrogen-bond donors (Lipinski definition) is 2. The minimum atomic E-state index is -3.66. The molecule has 1 amide bonds. The first kappa shape index (κ1) is 22.4. The van der Waals surface area contributed by atoms with Gasteiger partial charge in [-0.3, -0.25) is 4.79 Å². The number of piperazine rings is 1. The van der Waals surface area contributed by atoms with E-state index in [1.54, 1.807) is 40.5 Å². The first-order valence-corrected chi connectivity index (χ1v) is 12.5. The number of rotatable bonds is 3. The fourth-order valence-corrected chi connectivity index (χ4v) is 6.75. The van der Waals surface area contributed by atoms with Gasteiger partial charge in [0, 0.05) is 59.2 Å². The number of anilines is 1. The Morgan fingerprint density at radius 2 is 1.87 bits per heavy atom. The molecule has 2 aromatic heterocycles. The molecule has 1 aromatic carbocycles. The maximum Gasteiger partial charge on any atom is 0.264 e. The smallest absolute Gasteiger partial charge is 0.264 e. The van der Waals surface area contributed by atoms with Gasteiger partial charge in [-0.15, -0.1) is 23.7 Å². The molecular weight excluding hydrogens is 479 g/mol. The number of carbonyl (C=O) groups excluding carboxylic acids is 1. The molecule has 31 heavy (non-hydrogen) atoms. The highest BCUT2D eigenvalue weighted by Crippen LogP contribution is 2.32. The van der Waals surface area contributed by atoms with E-state index in [0.717, 1.165) is 40.9 Å². The first-order chi connectivity index (χ1) is 14.4. The van der Waals surface area contributed by atoms with Gasteiger partial charge in [-0.25, -0.2) is 8.42 Å². The lowest BCUT2D eigenvalue weighted by molar-refractivity contribution is 0.0702. The van der Waals surface area contributed by atoms with E-state index in [-0.39, 0.29) is 36.4 Å². The predicted molar refractivity (Wildman–Crippen MR) is 126 cm³/mol. The van der Waals surface area contributed by atoms with Gasteiger partial charge in [0.15, 0.2) is 0 Å². The number of hydrogen-bond acceptors (Lipinski definition) is 5. The summed E-state index contributed by atoms with van der Waals surface area (Å²) in [5.74, 6) is -0.0199. The number of aryl methyl sites for hydroxylation is 1. The molecule has 7 nitrogen and oxygen atoms in total. The molecule has 0 aliphatic carbocycles. The fourth-order valence-electron chi connectivity index (χ4n) is 3.98. The van der Waals surface area contributed by atoms with E-state index in [0.29, 0.717) is 18.1 Å². The molecule has 1 saturated heterocycles. The molecule has 0 unspecified atom stereocenters. The summed E-state index contributed by atoms with van der Waals surface area (Å²) in [4.78, 5) is 19.6. The summed E-state index contributed by atoms with van der Waals surface area (Å²) in [6.45, 7) is 2.23. The summed E-state index contributed by atoms with van der Waals surface area (Å²) in [6, 6.07) is 8.76. The van der Waals surface area contributed by atoms with Crippen molar-refractivity contribution < 1.29 is 13.2 Å². The van der Waals surface area contributed by atoms with E-state index < -0.39 is 10.0 Å². The van der Waals surface area contributed by atoms with E-state index in [4.69, 9.17) is 11.6 Å². The van der Waals surface area contributed by atoms with Gasteiger partial charge in [0.1, 0.15) is 5.03 Å². The predicted octanol–water partition coefficient (Wildman–Crippen LogP) is 3.81. The molecule has 166 valence electrons. The Morgan fingerprint density at radius 1 is 1.10 bits per heavy atom. The summed E-state index contributed by atoms with van der Waals surface area (Å²) in [7, 11) is -3.66. The van der Waals surface area contributed by atoms with Crippen LogP contribution in [0.5, 0.6) is 0 Å². The fraction of sp³-hybridized carbons (Fsp3) is 0.350. The second kappa shape index (κ2) is 8.63. The lowest BCUT2D eigenvalue weighted by Gasteiger charge is -2.33. The summed E-state index contributed by atoms with van der Waals surface area (Å²) >= 11 is 7.55. The van der Waals surface area contributed by atoms with Gasteiger partial charge in [0.25, 0.3) is 15.9 Å². The lowest BCUT2D eigenvalue weighted by atomic mass is 10.2. The summed E-state index contributed by atoms with van der Waals surface area (Å²) < 4.78 is 27.6. The standard InChI is InChI=1S/C20H21ClN4O3S2.ClH/c21-14-3-4-15-13(10-14)11-19(23-15)30(27,28)25-8-6-24(7-9-25)20(26)18-12-16-17(29-18)2-1-5-22-16;/h3-4,10-12,22-23H,1-2,5-9H2;1H. The van der Waals surface area contributed by atoms with Gasteiger partial charge in [0.05, 0.1) is 4.88 Å². The number of amides is 1. The third kappa shape index (κ3) is 4.17. The molecule has 4 heterocycles. The number of halogens is 2. The van der Waals surface area contributed by atoms with Crippen LogP contribution in [-0.2, 0) is 16.4 Å². The Labute approximate surface area is 195 Å². The van der Waals surface area contributed by atoms with Crippen LogP contribution in [-0.4, -0.2) is 61.2 Å². The van der Waals surface area contributed by atoms with Crippen LogP contribution in [0.15, 0.2) is 35.4 Å². The molecule has 2 aliphatic rings. The zero-order chi connectivity index (χ0) is 20.9. The number of nitrogens with one attached hydrogen (secondary N) is 2. The Morgan fingerprint density at radius 3 is 2.61 bits per heavy atom. The van der Waals surface area contributed by atoms with Crippen LogP contribution in [0, 0.1) is 0 Å². The first-order valence-electron chi connectivity index (χ1n) is 9.86. The largest absolute Gasteiger partial charge is 0.384 e. The zero-order valence-electron chi connectivity index (χ0n) is 16.6. The summed E-state index contributed by atoms with van der Waals surface area (Å²) in [6.07, 6.45) is 2.08. The van der Waals surface area contributed by atoms with Gasteiger partial charge in [-0.2, -0.15) is 4.31 Å². The topological polar surface area (TPSA) is 85.5 Å². The Kier molecular flexibility index (Phi) is 6.24. The van der Waals surface area contributed by atoms with Crippen molar-refractivity contribution in [3.63, 3.8) is 0 Å². The normalized spacial score (nSPS) is 17.1. The summed E-state index contributed by atoms with van der Waals surface area (Å²) in [5, 5.41) is 4.80. The second-order valence-electron chi connectivity index (χ2n) is 7.54. The van der Waals surface area contributed by atoms with Crippen molar-refractivity contribution in [3.05, 3.63) is 45.1 Å². The van der Waals surface area contributed by atoms with E-state index >= 15 is 0 Å². The average Bonchev–Trinajstić information content (AvgIpc) is 3.37. The molecule has 3 aromatic rings. The number of benzene rings is 1. The van der Waals surface area contributed by atoms with Crippen LogP contribution in [0.3, 0.4) is 0 Å². The number of H-pyrrole nitrogens is 1. The molecule has 0 bridgehead atoms. The Hall–Kier alpha value is -1.78. The monoisotopic (exact) mass is 500 g/mol. The minimum absolute atomic E-state index is 0. The number of aromatic nitrogens is 1. The molecule has 0 radical (unpaired) electrons. The summed E-state index contributed by atoms with van der Waals surface area (Å²) in [5.41, 5.74) is 1.79. The van der Waals surface area contributed by atoms with Crippen LogP contribution in [0.1, 0.15) is 21.0 Å². The van der Waals surface area contributed by atoms with E-state index in [9.17, 15) is 13.2 Å². The van der Waals surface area contributed by atoms with Crippen LogP contribution in [0.2, 0.25) is 5.02 Å². The van der Waals surface area contributed by atoms with Crippen molar-refractivity contribution in [1.29, 1.82) is 0 Å².